The average Bonchev–Trinajstić information content (AvgIpc) is 2.81. The smallest absolute Gasteiger partial charge is 0.244 e. The van der Waals surface area contributed by atoms with E-state index in [1.165, 1.54) is 4.31 Å². The highest BCUT2D eigenvalue weighted by Gasteiger charge is 2.28. The van der Waals surface area contributed by atoms with E-state index < -0.39 is 15.9 Å². The summed E-state index contributed by atoms with van der Waals surface area (Å²) in [6.07, 6.45) is 0. The van der Waals surface area contributed by atoms with Crippen LogP contribution in [0, 0.1) is 13.8 Å². The molecule has 0 fully saturated rings. The molecule has 1 N–H and O–H groups in total. The predicted molar refractivity (Wildman–Crippen MR) is 133 cm³/mol. The number of nitrogens with zero attached hydrogens (tertiary/aromatic N) is 1. The maximum atomic E-state index is 13.7. The number of carbonyl (C=O) groups excluding carboxylic acids is 1. The molecule has 0 aromatic heterocycles. The van der Waals surface area contributed by atoms with Gasteiger partial charge in [0, 0.05) is 17.6 Å². The van der Waals surface area contributed by atoms with Crippen LogP contribution in [0.15, 0.2) is 95.9 Å². The average molecular weight is 459 g/mol. The van der Waals surface area contributed by atoms with Crippen molar-refractivity contribution in [1.82, 2.24) is 4.31 Å². The molecule has 4 aromatic rings. The predicted octanol–water partition coefficient (Wildman–Crippen LogP) is 5.29. The Morgan fingerprint density at radius 2 is 1.55 bits per heavy atom. The highest BCUT2D eigenvalue weighted by molar-refractivity contribution is 7.89. The minimum absolute atomic E-state index is 0.0967. The van der Waals surface area contributed by atoms with Gasteiger partial charge in [-0.05, 0) is 48.1 Å². The van der Waals surface area contributed by atoms with Crippen LogP contribution in [0.2, 0.25) is 0 Å². The number of anilines is 1. The van der Waals surface area contributed by atoms with Crippen molar-refractivity contribution >= 4 is 32.4 Å². The van der Waals surface area contributed by atoms with Gasteiger partial charge in [-0.25, -0.2) is 8.42 Å². The second-order valence-electron chi connectivity index (χ2n) is 8.10. The van der Waals surface area contributed by atoms with Gasteiger partial charge in [0.2, 0.25) is 15.9 Å². The number of carbonyl (C=O) groups is 1. The van der Waals surface area contributed by atoms with Gasteiger partial charge in [-0.15, -0.1) is 0 Å². The van der Waals surface area contributed by atoms with Gasteiger partial charge in [0.1, 0.15) is 0 Å². The number of sulfonamides is 1. The molecule has 0 unspecified atom stereocenters. The third kappa shape index (κ3) is 5.13. The van der Waals surface area contributed by atoms with Crippen LogP contribution in [0.25, 0.3) is 10.8 Å². The first-order valence-corrected chi connectivity index (χ1v) is 12.2. The highest BCUT2D eigenvalue weighted by atomic mass is 32.2. The van der Waals surface area contributed by atoms with Crippen LogP contribution in [-0.2, 0) is 21.4 Å². The van der Waals surface area contributed by atoms with Gasteiger partial charge >= 0.3 is 0 Å². The summed E-state index contributed by atoms with van der Waals surface area (Å²) >= 11 is 0. The molecular weight excluding hydrogens is 432 g/mol. The zero-order chi connectivity index (χ0) is 23.4. The normalized spacial score (nSPS) is 11.6. The van der Waals surface area contributed by atoms with Gasteiger partial charge < -0.3 is 5.32 Å². The Labute approximate surface area is 194 Å². The molecule has 0 spiro atoms. The molecule has 0 atom stereocenters. The van der Waals surface area contributed by atoms with E-state index in [-0.39, 0.29) is 18.0 Å². The van der Waals surface area contributed by atoms with Crippen LogP contribution >= 0.6 is 0 Å². The van der Waals surface area contributed by atoms with Crippen molar-refractivity contribution in [2.24, 2.45) is 0 Å². The van der Waals surface area contributed by atoms with Crippen LogP contribution in [0.5, 0.6) is 0 Å². The van der Waals surface area contributed by atoms with E-state index in [0.717, 1.165) is 21.9 Å². The summed E-state index contributed by atoms with van der Waals surface area (Å²) in [6.45, 7) is 3.42. The molecule has 33 heavy (non-hydrogen) atoms. The lowest BCUT2D eigenvalue weighted by Crippen LogP contribution is -2.38. The molecule has 6 heteroatoms. The molecular formula is C27H26N2O3S. The molecule has 0 bridgehead atoms. The van der Waals surface area contributed by atoms with Crippen LogP contribution < -0.4 is 5.32 Å². The molecule has 5 nitrogen and oxygen atoms in total. The zero-order valence-electron chi connectivity index (χ0n) is 18.7. The number of hydrogen-bond acceptors (Lipinski definition) is 3. The Morgan fingerprint density at radius 3 is 2.33 bits per heavy atom. The second kappa shape index (κ2) is 9.57. The van der Waals surface area contributed by atoms with Gasteiger partial charge in [-0.1, -0.05) is 78.9 Å². The fourth-order valence-corrected chi connectivity index (χ4v) is 5.52. The molecule has 0 heterocycles. The molecule has 0 aliphatic heterocycles. The van der Waals surface area contributed by atoms with Gasteiger partial charge in [-0.2, -0.15) is 4.31 Å². The van der Waals surface area contributed by atoms with Gasteiger partial charge in [0.25, 0.3) is 0 Å². The molecule has 1 amide bonds. The first-order valence-electron chi connectivity index (χ1n) is 10.7. The lowest BCUT2D eigenvalue weighted by atomic mass is 10.1. The fraction of sp³-hybridized carbons (Fsp3) is 0.148. The Bertz CT molecular complexity index is 1390. The fourth-order valence-electron chi connectivity index (χ4n) is 3.82. The minimum Gasteiger partial charge on any atom is -0.324 e. The molecule has 0 radical (unpaired) electrons. The zero-order valence-corrected chi connectivity index (χ0v) is 19.5. The lowest BCUT2D eigenvalue weighted by molar-refractivity contribution is -0.116. The third-order valence-corrected chi connectivity index (χ3v) is 7.48. The number of nitrogens with one attached hydrogen (secondary N) is 1. The summed E-state index contributed by atoms with van der Waals surface area (Å²) in [5.74, 6) is -0.392. The number of aryl methyl sites for hydroxylation is 2. The van der Waals surface area contributed by atoms with Crippen LogP contribution in [0.1, 0.15) is 16.7 Å². The first kappa shape index (κ1) is 22.7. The number of hydrogen-bond donors (Lipinski definition) is 1. The van der Waals surface area contributed by atoms with Crippen molar-refractivity contribution in [2.75, 3.05) is 11.9 Å². The van der Waals surface area contributed by atoms with Gasteiger partial charge in [0.15, 0.2) is 0 Å². The van der Waals surface area contributed by atoms with E-state index in [4.69, 9.17) is 0 Å². The largest absolute Gasteiger partial charge is 0.324 e. The molecule has 4 rings (SSSR count). The maximum absolute atomic E-state index is 13.7. The Hall–Kier alpha value is -3.48. The Morgan fingerprint density at radius 1 is 0.848 bits per heavy atom. The summed E-state index contributed by atoms with van der Waals surface area (Å²) in [4.78, 5) is 13.3. The van der Waals surface area contributed by atoms with E-state index in [2.05, 4.69) is 5.32 Å². The van der Waals surface area contributed by atoms with Crippen molar-refractivity contribution in [3.63, 3.8) is 0 Å². The maximum Gasteiger partial charge on any atom is 0.244 e. The molecule has 0 aliphatic rings. The number of amides is 1. The Kier molecular flexibility index (Phi) is 6.58. The van der Waals surface area contributed by atoms with E-state index in [1.807, 2.05) is 85.8 Å². The number of benzene rings is 4. The molecule has 168 valence electrons. The number of rotatable bonds is 7. The molecule has 4 aromatic carbocycles. The SMILES string of the molecule is Cc1ccc(C)c(S(=O)(=O)N(CC(=O)Nc2cccc3ccccc23)Cc2ccccc2)c1. The summed E-state index contributed by atoms with van der Waals surface area (Å²) < 4.78 is 28.6. The van der Waals surface area contributed by atoms with Crippen molar-refractivity contribution in [3.8, 4) is 0 Å². The van der Waals surface area contributed by atoms with Crippen LogP contribution in [-0.4, -0.2) is 25.2 Å². The third-order valence-electron chi connectivity index (χ3n) is 5.55. The number of fused-ring (bicyclic) bond motifs is 1. The van der Waals surface area contributed by atoms with E-state index >= 15 is 0 Å². The van der Waals surface area contributed by atoms with E-state index in [9.17, 15) is 13.2 Å². The van der Waals surface area contributed by atoms with Crippen molar-refractivity contribution in [1.29, 1.82) is 0 Å². The van der Waals surface area contributed by atoms with Gasteiger partial charge in [0.05, 0.1) is 11.4 Å². The summed E-state index contributed by atoms with van der Waals surface area (Å²) in [7, 11) is -3.91. The highest BCUT2D eigenvalue weighted by Crippen LogP contribution is 2.25. The van der Waals surface area contributed by atoms with Crippen molar-refractivity contribution in [2.45, 2.75) is 25.3 Å². The van der Waals surface area contributed by atoms with E-state index in [0.29, 0.717) is 11.3 Å². The lowest BCUT2D eigenvalue weighted by Gasteiger charge is -2.23. The first-order chi connectivity index (χ1) is 15.8. The molecule has 0 aliphatic carbocycles. The second-order valence-corrected chi connectivity index (χ2v) is 10.0. The minimum atomic E-state index is -3.91. The monoisotopic (exact) mass is 458 g/mol. The Balaban J connectivity index is 1.66. The van der Waals surface area contributed by atoms with Crippen molar-refractivity contribution in [3.05, 3.63) is 108 Å². The quantitative estimate of drug-likeness (QED) is 0.409. The summed E-state index contributed by atoms with van der Waals surface area (Å²) in [5.41, 5.74) is 2.96. The molecule has 0 saturated carbocycles. The molecule has 0 saturated heterocycles. The van der Waals surface area contributed by atoms with Crippen LogP contribution in [0.3, 0.4) is 0 Å². The van der Waals surface area contributed by atoms with E-state index in [1.54, 1.807) is 19.1 Å². The summed E-state index contributed by atoms with van der Waals surface area (Å²) in [6, 6.07) is 28.0. The standard InChI is InChI=1S/C27H26N2O3S/c1-20-15-16-21(2)26(17-20)33(31,32)29(18-22-9-4-3-5-10-22)19-27(30)28-25-14-8-12-23-11-6-7-13-24(23)25/h3-17H,18-19H2,1-2H3,(H,28,30). The topological polar surface area (TPSA) is 66.5 Å². The van der Waals surface area contributed by atoms with Gasteiger partial charge in [-0.3, -0.25) is 4.79 Å². The van der Waals surface area contributed by atoms with Crippen LogP contribution in [0.4, 0.5) is 5.69 Å². The summed E-state index contributed by atoms with van der Waals surface area (Å²) in [5, 5.41) is 4.81. The van der Waals surface area contributed by atoms with Crippen molar-refractivity contribution < 1.29 is 13.2 Å².